The summed E-state index contributed by atoms with van der Waals surface area (Å²) in [6.45, 7) is 3.04. The number of nitrogens with zero attached hydrogens (tertiary/aromatic N) is 1. The molecule has 3 atom stereocenters. The van der Waals surface area contributed by atoms with Crippen LogP contribution in [0.1, 0.15) is 24.8 Å². The molecular formula is C14H20N2O. The Morgan fingerprint density at radius 3 is 3.24 bits per heavy atom. The first kappa shape index (κ1) is 11.2. The summed E-state index contributed by atoms with van der Waals surface area (Å²) in [4.78, 5) is 4.12. The van der Waals surface area contributed by atoms with Crippen molar-refractivity contribution in [3.05, 3.63) is 30.1 Å². The first-order valence-corrected chi connectivity index (χ1v) is 6.65. The summed E-state index contributed by atoms with van der Waals surface area (Å²) < 4.78 is 6.10. The molecule has 1 aliphatic carbocycles. The molecule has 0 radical (unpaired) electrons. The van der Waals surface area contributed by atoms with Gasteiger partial charge in [-0.3, -0.25) is 4.98 Å². The van der Waals surface area contributed by atoms with E-state index in [0.29, 0.717) is 12.7 Å². The van der Waals surface area contributed by atoms with Gasteiger partial charge in [-0.2, -0.15) is 0 Å². The summed E-state index contributed by atoms with van der Waals surface area (Å²) >= 11 is 0. The van der Waals surface area contributed by atoms with Crippen LogP contribution >= 0.6 is 0 Å². The second-order valence-corrected chi connectivity index (χ2v) is 5.22. The van der Waals surface area contributed by atoms with Gasteiger partial charge >= 0.3 is 0 Å². The Kier molecular flexibility index (Phi) is 3.39. The summed E-state index contributed by atoms with van der Waals surface area (Å²) in [6, 6.07) is 4.06. The number of nitrogens with one attached hydrogen (secondary N) is 1. The van der Waals surface area contributed by atoms with Crippen molar-refractivity contribution in [2.75, 3.05) is 13.1 Å². The molecule has 1 N–H and O–H groups in total. The van der Waals surface area contributed by atoms with Gasteiger partial charge in [-0.05, 0) is 36.9 Å². The van der Waals surface area contributed by atoms with E-state index in [1.54, 1.807) is 6.20 Å². The van der Waals surface area contributed by atoms with Crippen LogP contribution < -0.4 is 5.32 Å². The lowest BCUT2D eigenvalue weighted by Crippen LogP contribution is -2.33. The van der Waals surface area contributed by atoms with Crippen LogP contribution in [-0.4, -0.2) is 24.2 Å². The number of fused-ring (bicyclic) bond motifs is 1. The van der Waals surface area contributed by atoms with Gasteiger partial charge in [0.05, 0.1) is 12.7 Å². The molecule has 1 saturated heterocycles. The monoisotopic (exact) mass is 232 g/mol. The van der Waals surface area contributed by atoms with E-state index in [-0.39, 0.29) is 0 Å². The van der Waals surface area contributed by atoms with E-state index >= 15 is 0 Å². The molecule has 1 aromatic rings. The highest BCUT2D eigenvalue weighted by Crippen LogP contribution is 2.34. The molecule has 0 aromatic carbocycles. The van der Waals surface area contributed by atoms with Gasteiger partial charge in [0.25, 0.3) is 0 Å². The minimum Gasteiger partial charge on any atom is -0.373 e. The molecule has 0 amide bonds. The zero-order valence-corrected chi connectivity index (χ0v) is 10.1. The normalized spacial score (nSPS) is 32.4. The van der Waals surface area contributed by atoms with Crippen LogP contribution in [0.3, 0.4) is 0 Å². The summed E-state index contributed by atoms with van der Waals surface area (Å²) in [5.41, 5.74) is 1.18. The number of pyridine rings is 1. The van der Waals surface area contributed by atoms with Crippen LogP contribution in [0.25, 0.3) is 0 Å². The van der Waals surface area contributed by atoms with E-state index in [4.69, 9.17) is 4.74 Å². The summed E-state index contributed by atoms with van der Waals surface area (Å²) in [5.74, 6) is 1.59. The first-order chi connectivity index (χ1) is 8.43. The van der Waals surface area contributed by atoms with Gasteiger partial charge in [0.15, 0.2) is 0 Å². The lowest BCUT2D eigenvalue weighted by atomic mass is 9.79. The number of aromatic nitrogens is 1. The van der Waals surface area contributed by atoms with Crippen molar-refractivity contribution < 1.29 is 4.74 Å². The summed E-state index contributed by atoms with van der Waals surface area (Å²) in [6.07, 6.45) is 8.08. The van der Waals surface area contributed by atoms with E-state index in [0.717, 1.165) is 18.4 Å². The third-order valence-electron chi connectivity index (χ3n) is 4.12. The molecule has 0 bridgehead atoms. The van der Waals surface area contributed by atoms with E-state index in [1.807, 2.05) is 12.3 Å². The van der Waals surface area contributed by atoms with Gasteiger partial charge in [0, 0.05) is 24.9 Å². The van der Waals surface area contributed by atoms with E-state index in [9.17, 15) is 0 Å². The second kappa shape index (κ2) is 5.15. The molecule has 2 fully saturated rings. The lowest BCUT2D eigenvalue weighted by Gasteiger charge is -2.32. The molecule has 1 aromatic heterocycles. The van der Waals surface area contributed by atoms with Crippen LogP contribution in [0.15, 0.2) is 24.5 Å². The van der Waals surface area contributed by atoms with E-state index in [1.165, 1.54) is 31.4 Å². The topological polar surface area (TPSA) is 34.1 Å². The van der Waals surface area contributed by atoms with Gasteiger partial charge in [0.2, 0.25) is 0 Å². The molecule has 3 nitrogen and oxygen atoms in total. The number of ether oxygens (including phenoxy) is 1. The van der Waals surface area contributed by atoms with Crippen LogP contribution in [0.4, 0.5) is 0 Å². The molecule has 92 valence electrons. The Bertz CT molecular complexity index is 354. The van der Waals surface area contributed by atoms with Crippen LogP contribution in [0, 0.1) is 11.8 Å². The molecule has 2 heterocycles. The van der Waals surface area contributed by atoms with Crippen molar-refractivity contribution in [3.8, 4) is 0 Å². The summed E-state index contributed by atoms with van der Waals surface area (Å²) in [5, 5.41) is 3.50. The zero-order chi connectivity index (χ0) is 11.5. The maximum absolute atomic E-state index is 6.10. The first-order valence-electron chi connectivity index (χ1n) is 6.65. The van der Waals surface area contributed by atoms with Gasteiger partial charge < -0.3 is 10.1 Å². The summed E-state index contributed by atoms with van der Waals surface area (Å²) in [7, 11) is 0. The second-order valence-electron chi connectivity index (χ2n) is 5.22. The fraction of sp³-hybridized carbons (Fsp3) is 0.643. The van der Waals surface area contributed by atoms with E-state index in [2.05, 4.69) is 16.4 Å². The maximum Gasteiger partial charge on any atom is 0.0735 e. The molecule has 0 spiro atoms. The number of hydrogen-bond acceptors (Lipinski definition) is 3. The standard InChI is InChI=1S/C14H20N2O/c1-4-12-8-16-9-13(12)14(5-1)17-10-11-3-2-6-15-7-11/h2-3,6-7,12-14,16H,1,4-5,8-10H2/t12-,13+,14-/m1/s1. The van der Waals surface area contributed by atoms with Crippen molar-refractivity contribution >= 4 is 0 Å². The van der Waals surface area contributed by atoms with Crippen molar-refractivity contribution in [3.63, 3.8) is 0 Å². The molecule has 1 aliphatic heterocycles. The Morgan fingerprint density at radius 2 is 2.35 bits per heavy atom. The fourth-order valence-corrected chi connectivity index (χ4v) is 3.19. The predicted octanol–water partition coefficient (Wildman–Crippen LogP) is 1.99. The molecule has 17 heavy (non-hydrogen) atoms. The minimum absolute atomic E-state index is 0.448. The van der Waals surface area contributed by atoms with E-state index < -0.39 is 0 Å². The third-order valence-corrected chi connectivity index (χ3v) is 4.12. The molecule has 3 rings (SSSR count). The highest BCUT2D eigenvalue weighted by molar-refractivity contribution is 5.07. The van der Waals surface area contributed by atoms with Crippen LogP contribution in [-0.2, 0) is 11.3 Å². The third kappa shape index (κ3) is 2.50. The molecule has 2 aliphatic rings. The fourth-order valence-electron chi connectivity index (χ4n) is 3.19. The lowest BCUT2D eigenvalue weighted by molar-refractivity contribution is -0.0285. The van der Waals surface area contributed by atoms with Crippen molar-refractivity contribution in [1.82, 2.24) is 10.3 Å². The Labute approximate surface area is 103 Å². The average Bonchev–Trinajstić information content (AvgIpc) is 2.86. The van der Waals surface area contributed by atoms with Gasteiger partial charge in [-0.1, -0.05) is 12.5 Å². The number of rotatable bonds is 3. The zero-order valence-electron chi connectivity index (χ0n) is 10.1. The largest absolute Gasteiger partial charge is 0.373 e. The van der Waals surface area contributed by atoms with Gasteiger partial charge in [-0.25, -0.2) is 0 Å². The Balaban J connectivity index is 1.57. The SMILES string of the molecule is c1cncc(CO[C@@H]2CCC[C@@H]3CNC[C@@H]32)c1. The van der Waals surface area contributed by atoms with Crippen LogP contribution in [0.2, 0.25) is 0 Å². The number of hydrogen-bond donors (Lipinski definition) is 1. The van der Waals surface area contributed by atoms with Crippen molar-refractivity contribution in [2.24, 2.45) is 11.8 Å². The van der Waals surface area contributed by atoms with Crippen molar-refractivity contribution in [2.45, 2.75) is 32.0 Å². The molecule has 0 unspecified atom stereocenters. The van der Waals surface area contributed by atoms with Crippen molar-refractivity contribution in [1.29, 1.82) is 0 Å². The molecular weight excluding hydrogens is 212 g/mol. The highest BCUT2D eigenvalue weighted by Gasteiger charge is 2.36. The highest BCUT2D eigenvalue weighted by atomic mass is 16.5. The Hall–Kier alpha value is -0.930. The predicted molar refractivity (Wildman–Crippen MR) is 66.5 cm³/mol. The van der Waals surface area contributed by atoms with Crippen LogP contribution in [0.5, 0.6) is 0 Å². The average molecular weight is 232 g/mol. The Morgan fingerprint density at radius 1 is 1.35 bits per heavy atom. The molecule has 3 heteroatoms. The molecule has 1 saturated carbocycles. The quantitative estimate of drug-likeness (QED) is 0.865. The van der Waals surface area contributed by atoms with Gasteiger partial charge in [0.1, 0.15) is 0 Å². The minimum atomic E-state index is 0.448. The smallest absolute Gasteiger partial charge is 0.0735 e. The van der Waals surface area contributed by atoms with Gasteiger partial charge in [-0.15, -0.1) is 0 Å². The maximum atomic E-state index is 6.10.